The molecule has 1 saturated heterocycles. The number of amides is 2. The molecule has 0 spiro atoms. The van der Waals surface area contributed by atoms with E-state index in [0.29, 0.717) is 11.8 Å². The van der Waals surface area contributed by atoms with E-state index in [0.717, 1.165) is 24.5 Å². The van der Waals surface area contributed by atoms with Crippen LogP contribution < -0.4 is 10.6 Å². The topological polar surface area (TPSA) is 61.4 Å². The van der Waals surface area contributed by atoms with Gasteiger partial charge in [0.2, 0.25) is 11.8 Å². The van der Waals surface area contributed by atoms with Crippen LogP contribution in [0.3, 0.4) is 0 Å². The second-order valence-electron chi connectivity index (χ2n) is 6.82. The minimum Gasteiger partial charge on any atom is -0.326 e. The number of hydrogen-bond acceptors (Lipinski definition) is 3. The van der Waals surface area contributed by atoms with Crippen LogP contribution in [-0.4, -0.2) is 35.8 Å². The molecule has 2 amide bonds. The summed E-state index contributed by atoms with van der Waals surface area (Å²) in [6.45, 7) is 9.87. The van der Waals surface area contributed by atoms with Crippen LogP contribution in [0.1, 0.15) is 34.1 Å². The van der Waals surface area contributed by atoms with Gasteiger partial charge in [0.05, 0.1) is 6.04 Å². The number of carbonyl (C=O) groups excluding carboxylic acids is 2. The molecule has 1 aromatic carbocycles. The molecule has 2 rings (SSSR count). The molecule has 5 nitrogen and oxygen atoms in total. The van der Waals surface area contributed by atoms with Crippen LogP contribution in [-0.2, 0) is 9.59 Å². The van der Waals surface area contributed by atoms with E-state index in [1.165, 1.54) is 13.3 Å². The molecule has 5 heteroatoms. The standard InChI is InChI=1S/C18H27N3O2/c1-12-9-13(2)11-21(10-12)14(3)18(23)20-17-7-5-16(6-8-17)19-15(4)22/h5-8,12-14H,9-11H2,1-4H3,(H,19,22)(H,20,23). The minimum atomic E-state index is -0.143. The Hall–Kier alpha value is -1.88. The molecular formula is C18H27N3O2. The lowest BCUT2D eigenvalue weighted by atomic mass is 9.91. The van der Waals surface area contributed by atoms with Gasteiger partial charge >= 0.3 is 0 Å². The molecule has 0 saturated carbocycles. The predicted molar refractivity (Wildman–Crippen MR) is 93.4 cm³/mol. The lowest BCUT2D eigenvalue weighted by molar-refractivity contribution is -0.121. The Bertz CT molecular complexity index is 546. The third-order valence-corrected chi connectivity index (χ3v) is 4.30. The van der Waals surface area contributed by atoms with Gasteiger partial charge in [0.25, 0.3) is 0 Å². The van der Waals surface area contributed by atoms with Crippen LogP contribution in [0.25, 0.3) is 0 Å². The third kappa shape index (κ3) is 5.06. The highest BCUT2D eigenvalue weighted by molar-refractivity contribution is 5.95. The lowest BCUT2D eigenvalue weighted by Gasteiger charge is -2.38. The van der Waals surface area contributed by atoms with Gasteiger partial charge in [0.1, 0.15) is 0 Å². The van der Waals surface area contributed by atoms with Gasteiger partial charge in [-0.2, -0.15) is 0 Å². The summed E-state index contributed by atoms with van der Waals surface area (Å²) in [6.07, 6.45) is 1.23. The van der Waals surface area contributed by atoms with E-state index in [1.807, 2.05) is 6.92 Å². The van der Waals surface area contributed by atoms with Gasteiger partial charge in [-0.25, -0.2) is 0 Å². The van der Waals surface area contributed by atoms with Gasteiger partial charge in [-0.3, -0.25) is 14.5 Å². The molecule has 2 N–H and O–H groups in total. The Morgan fingerprint density at radius 1 is 1.04 bits per heavy atom. The van der Waals surface area contributed by atoms with E-state index in [2.05, 4.69) is 29.4 Å². The first-order valence-corrected chi connectivity index (χ1v) is 8.27. The van der Waals surface area contributed by atoms with Crippen molar-refractivity contribution in [3.05, 3.63) is 24.3 Å². The molecule has 1 aliphatic heterocycles. The number of likely N-dealkylation sites (tertiary alicyclic amines) is 1. The van der Waals surface area contributed by atoms with Crippen molar-refractivity contribution in [1.29, 1.82) is 0 Å². The molecule has 0 aliphatic carbocycles. The van der Waals surface area contributed by atoms with Crippen LogP contribution in [0.2, 0.25) is 0 Å². The lowest BCUT2D eigenvalue weighted by Crippen LogP contribution is -2.48. The van der Waals surface area contributed by atoms with E-state index >= 15 is 0 Å². The van der Waals surface area contributed by atoms with Crippen molar-refractivity contribution in [2.24, 2.45) is 11.8 Å². The van der Waals surface area contributed by atoms with Crippen molar-refractivity contribution in [2.75, 3.05) is 23.7 Å². The van der Waals surface area contributed by atoms with Crippen molar-refractivity contribution in [1.82, 2.24) is 4.90 Å². The fraction of sp³-hybridized carbons (Fsp3) is 0.556. The highest BCUT2D eigenvalue weighted by atomic mass is 16.2. The zero-order valence-electron chi connectivity index (χ0n) is 14.4. The van der Waals surface area contributed by atoms with Crippen molar-refractivity contribution >= 4 is 23.2 Å². The number of piperidine rings is 1. The molecule has 0 bridgehead atoms. The Labute approximate surface area is 138 Å². The Balaban J connectivity index is 1.94. The maximum absolute atomic E-state index is 12.5. The van der Waals surface area contributed by atoms with Crippen LogP contribution >= 0.6 is 0 Å². The Morgan fingerprint density at radius 3 is 2.00 bits per heavy atom. The number of anilines is 2. The summed E-state index contributed by atoms with van der Waals surface area (Å²) in [6, 6.07) is 7.03. The van der Waals surface area contributed by atoms with Crippen LogP contribution in [0.15, 0.2) is 24.3 Å². The summed E-state index contributed by atoms with van der Waals surface area (Å²) in [5.74, 6) is 1.17. The van der Waals surface area contributed by atoms with Crippen LogP contribution in [0, 0.1) is 11.8 Å². The number of carbonyl (C=O) groups is 2. The zero-order chi connectivity index (χ0) is 17.0. The number of hydrogen-bond donors (Lipinski definition) is 2. The maximum atomic E-state index is 12.5. The summed E-state index contributed by atoms with van der Waals surface area (Å²) in [4.78, 5) is 25.7. The SMILES string of the molecule is CC(=O)Nc1ccc(NC(=O)C(C)N2CC(C)CC(C)C2)cc1. The number of benzene rings is 1. The van der Waals surface area contributed by atoms with Gasteiger partial charge in [-0.05, 0) is 49.4 Å². The van der Waals surface area contributed by atoms with Gasteiger partial charge in [-0.15, -0.1) is 0 Å². The summed E-state index contributed by atoms with van der Waals surface area (Å²) < 4.78 is 0. The fourth-order valence-corrected chi connectivity index (χ4v) is 3.28. The van der Waals surface area contributed by atoms with Crippen molar-refractivity contribution in [3.8, 4) is 0 Å². The van der Waals surface area contributed by atoms with Gasteiger partial charge in [0, 0.05) is 31.4 Å². The molecule has 23 heavy (non-hydrogen) atoms. The minimum absolute atomic E-state index is 0.0126. The Kier molecular flexibility index (Phi) is 5.77. The van der Waals surface area contributed by atoms with Gasteiger partial charge in [-0.1, -0.05) is 13.8 Å². The van der Waals surface area contributed by atoms with E-state index in [4.69, 9.17) is 0 Å². The van der Waals surface area contributed by atoms with Crippen molar-refractivity contribution < 1.29 is 9.59 Å². The number of rotatable bonds is 4. The molecule has 3 atom stereocenters. The van der Waals surface area contributed by atoms with E-state index in [1.54, 1.807) is 24.3 Å². The normalized spacial score (nSPS) is 23.1. The molecule has 1 aliphatic rings. The van der Waals surface area contributed by atoms with Crippen molar-refractivity contribution in [2.45, 2.75) is 40.2 Å². The first-order valence-electron chi connectivity index (χ1n) is 8.27. The summed E-state index contributed by atoms with van der Waals surface area (Å²) in [7, 11) is 0. The number of nitrogens with zero attached hydrogens (tertiary/aromatic N) is 1. The average Bonchev–Trinajstić information content (AvgIpc) is 2.47. The zero-order valence-corrected chi connectivity index (χ0v) is 14.4. The number of nitrogens with one attached hydrogen (secondary N) is 2. The molecule has 1 heterocycles. The highest BCUT2D eigenvalue weighted by Crippen LogP contribution is 2.23. The van der Waals surface area contributed by atoms with Crippen LogP contribution in [0.4, 0.5) is 11.4 Å². The molecule has 126 valence electrons. The molecular weight excluding hydrogens is 290 g/mol. The molecule has 3 unspecified atom stereocenters. The monoisotopic (exact) mass is 317 g/mol. The maximum Gasteiger partial charge on any atom is 0.241 e. The van der Waals surface area contributed by atoms with Gasteiger partial charge < -0.3 is 10.6 Å². The third-order valence-electron chi connectivity index (χ3n) is 4.30. The summed E-state index contributed by atoms with van der Waals surface area (Å²) in [5.41, 5.74) is 1.47. The molecule has 1 aromatic rings. The van der Waals surface area contributed by atoms with Crippen molar-refractivity contribution in [3.63, 3.8) is 0 Å². The highest BCUT2D eigenvalue weighted by Gasteiger charge is 2.28. The van der Waals surface area contributed by atoms with E-state index in [9.17, 15) is 9.59 Å². The molecule has 0 aromatic heterocycles. The quantitative estimate of drug-likeness (QED) is 0.897. The fourth-order valence-electron chi connectivity index (χ4n) is 3.28. The second kappa shape index (κ2) is 7.59. The van der Waals surface area contributed by atoms with E-state index in [-0.39, 0.29) is 17.9 Å². The predicted octanol–water partition coefficient (Wildman–Crippen LogP) is 2.95. The molecule has 1 fully saturated rings. The van der Waals surface area contributed by atoms with E-state index < -0.39 is 0 Å². The first kappa shape index (κ1) is 17.5. The summed E-state index contributed by atoms with van der Waals surface area (Å²) >= 11 is 0. The largest absolute Gasteiger partial charge is 0.326 e. The average molecular weight is 317 g/mol. The smallest absolute Gasteiger partial charge is 0.241 e. The second-order valence-corrected chi connectivity index (χ2v) is 6.82. The summed E-state index contributed by atoms with van der Waals surface area (Å²) in [5, 5.41) is 5.67. The first-order chi connectivity index (χ1) is 10.8. The molecule has 0 radical (unpaired) electrons. The Morgan fingerprint density at radius 2 is 1.52 bits per heavy atom. The van der Waals surface area contributed by atoms with Crippen LogP contribution in [0.5, 0.6) is 0 Å². The van der Waals surface area contributed by atoms with Gasteiger partial charge in [0.15, 0.2) is 0 Å².